The topological polar surface area (TPSA) is 49.8 Å². The maximum absolute atomic E-state index is 15.1. The van der Waals surface area contributed by atoms with Crippen molar-refractivity contribution in [1.82, 2.24) is 0 Å². The third-order valence-electron chi connectivity index (χ3n) is 6.55. The molecule has 2 saturated carbocycles. The van der Waals surface area contributed by atoms with Crippen LogP contribution in [0.1, 0.15) is 48.3 Å². The van der Waals surface area contributed by atoms with E-state index in [-0.39, 0.29) is 22.9 Å². The molecule has 0 aromatic heterocycles. The highest BCUT2D eigenvalue weighted by Crippen LogP contribution is 2.49. The number of carboxylic acid groups (broad SMARTS) is 1. The first-order valence-electron chi connectivity index (χ1n) is 10.4. The molecule has 158 valence electrons. The Kier molecular flexibility index (Phi) is 4.85. The van der Waals surface area contributed by atoms with Crippen molar-refractivity contribution < 1.29 is 23.4 Å². The molecule has 2 atom stereocenters. The predicted molar refractivity (Wildman–Crippen MR) is 109 cm³/mol. The molecule has 1 N–H and O–H groups in total. The fourth-order valence-corrected chi connectivity index (χ4v) is 4.67. The third kappa shape index (κ3) is 3.41. The summed E-state index contributed by atoms with van der Waals surface area (Å²) >= 11 is 6.12. The molecule has 2 aliphatic carbocycles. The van der Waals surface area contributed by atoms with Crippen molar-refractivity contribution in [2.75, 3.05) is 11.4 Å². The standard InChI is InChI=1S/C23H22ClF2NO3/c24-19-8-14(30-13-2-1-3-13)9-20(22(19)26)27-7-6-15-12(11-27)4-5-16(21(15)25)17-10-18(17)23(28)29/h4-5,8-9,13,17-18H,1-3,6-7,10-11H2,(H,28,29)/t17-,18+/m1/s1. The monoisotopic (exact) mass is 433 g/mol. The van der Waals surface area contributed by atoms with E-state index in [9.17, 15) is 9.18 Å². The Bertz CT molecular complexity index is 1020. The Hall–Kier alpha value is -2.34. The van der Waals surface area contributed by atoms with Gasteiger partial charge in [0.1, 0.15) is 11.6 Å². The van der Waals surface area contributed by atoms with E-state index in [0.717, 1.165) is 24.8 Å². The number of hydrogen-bond donors (Lipinski definition) is 1. The Morgan fingerprint density at radius 1 is 1.20 bits per heavy atom. The molecule has 2 fully saturated rings. The van der Waals surface area contributed by atoms with E-state index in [0.29, 0.717) is 48.5 Å². The molecule has 0 spiro atoms. The summed E-state index contributed by atoms with van der Waals surface area (Å²) in [5.74, 6) is -1.86. The minimum atomic E-state index is -0.875. The van der Waals surface area contributed by atoms with Crippen LogP contribution in [0.5, 0.6) is 5.75 Å². The van der Waals surface area contributed by atoms with E-state index in [4.69, 9.17) is 21.4 Å². The van der Waals surface area contributed by atoms with Crippen molar-refractivity contribution in [1.29, 1.82) is 0 Å². The van der Waals surface area contributed by atoms with Gasteiger partial charge in [0, 0.05) is 31.1 Å². The van der Waals surface area contributed by atoms with Gasteiger partial charge in [-0.1, -0.05) is 23.7 Å². The largest absolute Gasteiger partial charge is 0.490 e. The van der Waals surface area contributed by atoms with Gasteiger partial charge in [-0.3, -0.25) is 4.79 Å². The lowest BCUT2D eigenvalue weighted by Crippen LogP contribution is -2.32. The first-order chi connectivity index (χ1) is 14.4. The summed E-state index contributed by atoms with van der Waals surface area (Å²) in [7, 11) is 0. The maximum Gasteiger partial charge on any atom is 0.307 e. The van der Waals surface area contributed by atoms with Crippen LogP contribution >= 0.6 is 11.6 Å². The Labute approximate surface area is 178 Å². The molecule has 2 aromatic rings. The zero-order valence-electron chi connectivity index (χ0n) is 16.3. The van der Waals surface area contributed by atoms with Gasteiger partial charge in [0.25, 0.3) is 0 Å². The molecule has 0 bridgehead atoms. The van der Waals surface area contributed by atoms with Crippen molar-refractivity contribution in [3.05, 3.63) is 57.6 Å². The van der Waals surface area contributed by atoms with Crippen LogP contribution in [-0.4, -0.2) is 23.7 Å². The number of ether oxygens (including phenoxy) is 1. The molecule has 3 aliphatic rings. The van der Waals surface area contributed by atoms with Crippen LogP contribution in [0.2, 0.25) is 5.02 Å². The number of aliphatic carboxylic acids is 1. The zero-order chi connectivity index (χ0) is 21.0. The first-order valence-corrected chi connectivity index (χ1v) is 10.7. The van der Waals surface area contributed by atoms with Gasteiger partial charge in [-0.25, -0.2) is 8.78 Å². The van der Waals surface area contributed by atoms with E-state index in [1.54, 1.807) is 12.1 Å². The molecule has 30 heavy (non-hydrogen) atoms. The normalized spacial score (nSPS) is 23.0. The number of fused-ring (bicyclic) bond motifs is 1. The molecule has 1 aliphatic heterocycles. The van der Waals surface area contributed by atoms with Crippen molar-refractivity contribution >= 4 is 23.3 Å². The van der Waals surface area contributed by atoms with E-state index >= 15 is 4.39 Å². The summed E-state index contributed by atoms with van der Waals surface area (Å²) in [6, 6.07) is 6.71. The highest BCUT2D eigenvalue weighted by atomic mass is 35.5. The second-order valence-electron chi connectivity index (χ2n) is 8.47. The van der Waals surface area contributed by atoms with Gasteiger partial charge in [-0.05, 0) is 48.8 Å². The number of rotatable bonds is 5. The fraction of sp³-hybridized carbons (Fsp3) is 0.435. The number of nitrogens with zero attached hydrogens (tertiary/aromatic N) is 1. The maximum atomic E-state index is 15.1. The van der Waals surface area contributed by atoms with Gasteiger partial charge in [0.2, 0.25) is 0 Å². The quantitative estimate of drug-likeness (QED) is 0.695. The average Bonchev–Trinajstić information content (AvgIpc) is 3.48. The summed E-state index contributed by atoms with van der Waals surface area (Å²) in [6.45, 7) is 0.806. The van der Waals surface area contributed by atoms with Crippen molar-refractivity contribution in [3.8, 4) is 5.75 Å². The van der Waals surface area contributed by atoms with E-state index < -0.39 is 17.7 Å². The molecule has 0 amide bonds. The van der Waals surface area contributed by atoms with Crippen molar-refractivity contribution in [2.24, 2.45) is 5.92 Å². The van der Waals surface area contributed by atoms with Crippen LogP contribution in [0.4, 0.5) is 14.5 Å². The number of benzene rings is 2. The van der Waals surface area contributed by atoms with Gasteiger partial charge < -0.3 is 14.7 Å². The fourth-order valence-electron chi connectivity index (χ4n) is 4.46. The van der Waals surface area contributed by atoms with Gasteiger partial charge >= 0.3 is 5.97 Å². The number of carboxylic acids is 1. The van der Waals surface area contributed by atoms with Crippen LogP contribution in [0.25, 0.3) is 0 Å². The molecule has 0 radical (unpaired) electrons. The van der Waals surface area contributed by atoms with Crippen LogP contribution < -0.4 is 9.64 Å². The zero-order valence-corrected chi connectivity index (χ0v) is 17.1. The highest BCUT2D eigenvalue weighted by Gasteiger charge is 2.46. The minimum absolute atomic E-state index is 0.0163. The van der Waals surface area contributed by atoms with Crippen molar-refractivity contribution in [2.45, 2.75) is 50.7 Å². The molecule has 4 nitrogen and oxygen atoms in total. The second kappa shape index (κ2) is 7.41. The molecular weight excluding hydrogens is 412 g/mol. The summed E-state index contributed by atoms with van der Waals surface area (Å²) in [4.78, 5) is 13.0. The van der Waals surface area contributed by atoms with E-state index in [1.807, 2.05) is 11.0 Å². The van der Waals surface area contributed by atoms with E-state index in [2.05, 4.69) is 0 Å². The summed E-state index contributed by atoms with van der Waals surface area (Å²) < 4.78 is 35.8. The van der Waals surface area contributed by atoms with Gasteiger partial charge in [0.05, 0.1) is 22.7 Å². The summed E-state index contributed by atoms with van der Waals surface area (Å²) in [5.41, 5.74) is 2.24. The molecule has 1 heterocycles. The molecular formula is C23H22ClF2NO3. The second-order valence-corrected chi connectivity index (χ2v) is 8.88. The van der Waals surface area contributed by atoms with E-state index in [1.165, 1.54) is 6.07 Å². The first kappa shape index (κ1) is 19.6. The number of carbonyl (C=O) groups is 1. The Morgan fingerprint density at radius 3 is 2.67 bits per heavy atom. The van der Waals surface area contributed by atoms with Gasteiger partial charge in [0.15, 0.2) is 5.82 Å². The minimum Gasteiger partial charge on any atom is -0.490 e. The number of halogens is 3. The molecule has 0 saturated heterocycles. The molecule has 7 heteroatoms. The highest BCUT2D eigenvalue weighted by molar-refractivity contribution is 6.31. The van der Waals surface area contributed by atoms with Crippen LogP contribution in [0.15, 0.2) is 24.3 Å². The smallest absolute Gasteiger partial charge is 0.307 e. The summed E-state index contributed by atoms with van der Waals surface area (Å²) in [5, 5.41) is 9.15. The van der Waals surface area contributed by atoms with Gasteiger partial charge in [-0.15, -0.1) is 0 Å². The molecule has 5 rings (SSSR count). The SMILES string of the molecule is O=C(O)[C@H]1C[C@@H]1c1ccc2c(c1F)CCN(c1cc(OC3CCC3)cc(Cl)c1F)C2. The van der Waals surface area contributed by atoms with Gasteiger partial charge in [-0.2, -0.15) is 0 Å². The predicted octanol–water partition coefficient (Wildman–Crippen LogP) is 5.30. The number of hydrogen-bond acceptors (Lipinski definition) is 3. The average molecular weight is 434 g/mol. The molecule has 2 aromatic carbocycles. The Morgan fingerprint density at radius 2 is 2.00 bits per heavy atom. The lowest BCUT2D eigenvalue weighted by atomic mass is 9.94. The summed E-state index contributed by atoms with van der Waals surface area (Å²) in [6.07, 6.45) is 4.18. The van der Waals surface area contributed by atoms with Crippen LogP contribution in [-0.2, 0) is 17.8 Å². The lowest BCUT2D eigenvalue weighted by molar-refractivity contribution is -0.138. The molecule has 0 unspecified atom stereocenters. The Balaban J connectivity index is 1.39. The lowest BCUT2D eigenvalue weighted by Gasteiger charge is -2.33. The number of anilines is 1. The third-order valence-corrected chi connectivity index (χ3v) is 6.82. The van der Waals surface area contributed by atoms with Crippen molar-refractivity contribution in [3.63, 3.8) is 0 Å². The van der Waals surface area contributed by atoms with Crippen LogP contribution in [0.3, 0.4) is 0 Å². The van der Waals surface area contributed by atoms with Crippen LogP contribution in [0, 0.1) is 17.6 Å².